The van der Waals surface area contributed by atoms with Gasteiger partial charge in [0.15, 0.2) is 0 Å². The Bertz CT molecular complexity index is 387. The van der Waals surface area contributed by atoms with Crippen LogP contribution in [0.3, 0.4) is 0 Å². The molecule has 1 aliphatic rings. The molecule has 2 nitrogen and oxygen atoms in total. The van der Waals surface area contributed by atoms with Crippen LogP contribution in [-0.2, 0) is 13.0 Å². The first-order valence-electron chi connectivity index (χ1n) is 7.61. The normalized spacial score (nSPS) is 27.4. The Labute approximate surface area is 117 Å². The maximum Gasteiger partial charge on any atom is 0.0613 e. The van der Waals surface area contributed by atoms with Gasteiger partial charge in [-0.05, 0) is 36.3 Å². The lowest BCUT2D eigenvalue weighted by atomic mass is 9.77. The van der Waals surface area contributed by atoms with Crippen molar-refractivity contribution in [1.29, 1.82) is 0 Å². The summed E-state index contributed by atoms with van der Waals surface area (Å²) in [6.07, 6.45) is 5.81. The predicted molar refractivity (Wildman–Crippen MR) is 80.1 cm³/mol. The Morgan fingerprint density at radius 3 is 2.53 bits per heavy atom. The van der Waals surface area contributed by atoms with Crippen LogP contribution in [0, 0.1) is 5.92 Å². The second-order valence-electron chi connectivity index (χ2n) is 6.16. The third-order valence-electron chi connectivity index (χ3n) is 4.49. The number of aryl methyl sites for hydroxylation is 1. The Hall–Kier alpha value is -0.860. The highest BCUT2D eigenvalue weighted by atomic mass is 16.3. The van der Waals surface area contributed by atoms with E-state index in [2.05, 4.69) is 43.4 Å². The molecule has 2 rings (SSSR count). The fraction of sp³-hybridized carbons (Fsp3) is 0.647. The number of aliphatic hydroxyl groups is 1. The van der Waals surface area contributed by atoms with E-state index in [0.29, 0.717) is 0 Å². The molecule has 2 atom stereocenters. The fourth-order valence-corrected chi connectivity index (χ4v) is 3.20. The van der Waals surface area contributed by atoms with Crippen LogP contribution >= 0.6 is 0 Å². The summed E-state index contributed by atoms with van der Waals surface area (Å²) in [6, 6.07) is 8.80. The zero-order chi connectivity index (χ0) is 13.7. The molecule has 2 unspecified atom stereocenters. The fourth-order valence-electron chi connectivity index (χ4n) is 3.20. The van der Waals surface area contributed by atoms with E-state index >= 15 is 0 Å². The molecule has 1 fully saturated rings. The molecule has 19 heavy (non-hydrogen) atoms. The van der Waals surface area contributed by atoms with E-state index in [9.17, 15) is 5.11 Å². The van der Waals surface area contributed by atoms with Gasteiger partial charge in [-0.1, -0.05) is 51.0 Å². The van der Waals surface area contributed by atoms with Crippen molar-refractivity contribution in [2.24, 2.45) is 5.92 Å². The van der Waals surface area contributed by atoms with E-state index in [4.69, 9.17) is 0 Å². The topological polar surface area (TPSA) is 32.3 Å². The van der Waals surface area contributed by atoms with Crippen molar-refractivity contribution < 1.29 is 5.11 Å². The van der Waals surface area contributed by atoms with Gasteiger partial charge in [-0.15, -0.1) is 0 Å². The van der Waals surface area contributed by atoms with Gasteiger partial charge in [0.1, 0.15) is 0 Å². The Morgan fingerprint density at radius 1 is 1.26 bits per heavy atom. The van der Waals surface area contributed by atoms with Crippen molar-refractivity contribution in [3.8, 4) is 0 Å². The van der Waals surface area contributed by atoms with Gasteiger partial charge in [-0.2, -0.15) is 0 Å². The van der Waals surface area contributed by atoms with E-state index in [1.54, 1.807) is 0 Å². The number of nitrogens with one attached hydrogen (secondary N) is 1. The van der Waals surface area contributed by atoms with Crippen LogP contribution in [0.1, 0.15) is 50.7 Å². The zero-order valence-corrected chi connectivity index (χ0v) is 12.3. The lowest BCUT2D eigenvalue weighted by molar-refractivity contribution is 0.0982. The van der Waals surface area contributed by atoms with Crippen LogP contribution < -0.4 is 5.32 Å². The van der Waals surface area contributed by atoms with Crippen molar-refractivity contribution in [3.05, 3.63) is 35.4 Å². The molecule has 2 N–H and O–H groups in total. The number of rotatable bonds is 5. The van der Waals surface area contributed by atoms with Crippen molar-refractivity contribution in [2.75, 3.05) is 6.61 Å². The third-order valence-corrected chi connectivity index (χ3v) is 4.49. The molecule has 0 radical (unpaired) electrons. The number of benzene rings is 1. The SMILES string of the molecule is CCc1ccc(CNC2(CO)CCCC(C)C2)cc1. The van der Waals surface area contributed by atoms with Gasteiger partial charge >= 0.3 is 0 Å². The minimum Gasteiger partial charge on any atom is -0.394 e. The number of aliphatic hydroxyl groups excluding tert-OH is 1. The summed E-state index contributed by atoms with van der Waals surface area (Å²) in [5, 5.41) is 13.4. The van der Waals surface area contributed by atoms with Gasteiger partial charge in [0, 0.05) is 12.1 Å². The summed E-state index contributed by atoms with van der Waals surface area (Å²) in [4.78, 5) is 0. The zero-order valence-electron chi connectivity index (χ0n) is 12.3. The number of hydrogen-bond acceptors (Lipinski definition) is 2. The van der Waals surface area contributed by atoms with Gasteiger partial charge in [-0.25, -0.2) is 0 Å². The predicted octanol–water partition coefficient (Wildman–Crippen LogP) is 3.28. The first kappa shape index (κ1) is 14.5. The Morgan fingerprint density at radius 2 is 1.95 bits per heavy atom. The molecular weight excluding hydrogens is 234 g/mol. The average Bonchev–Trinajstić information content (AvgIpc) is 2.46. The molecular formula is C17H27NO. The highest BCUT2D eigenvalue weighted by Gasteiger charge is 2.33. The van der Waals surface area contributed by atoms with Crippen LogP contribution in [-0.4, -0.2) is 17.3 Å². The highest BCUT2D eigenvalue weighted by molar-refractivity contribution is 5.22. The molecule has 0 saturated heterocycles. The maximum atomic E-state index is 9.76. The van der Waals surface area contributed by atoms with Gasteiger partial charge in [0.25, 0.3) is 0 Å². The van der Waals surface area contributed by atoms with Crippen molar-refractivity contribution in [1.82, 2.24) is 5.32 Å². The monoisotopic (exact) mass is 261 g/mol. The van der Waals surface area contributed by atoms with E-state index < -0.39 is 0 Å². The van der Waals surface area contributed by atoms with Crippen LogP contribution in [0.25, 0.3) is 0 Å². The standard InChI is InChI=1S/C17H27NO/c1-3-15-6-8-16(9-7-15)12-18-17(13-19)10-4-5-14(2)11-17/h6-9,14,18-19H,3-5,10-13H2,1-2H3. The maximum absolute atomic E-state index is 9.76. The molecule has 1 aromatic carbocycles. The smallest absolute Gasteiger partial charge is 0.0613 e. The first-order chi connectivity index (χ1) is 9.17. The molecule has 1 aromatic rings. The summed E-state index contributed by atoms with van der Waals surface area (Å²) in [5.41, 5.74) is 2.64. The van der Waals surface area contributed by atoms with Crippen LogP contribution in [0.5, 0.6) is 0 Å². The molecule has 0 amide bonds. The van der Waals surface area contributed by atoms with Gasteiger partial charge in [0.05, 0.1) is 6.61 Å². The summed E-state index contributed by atoms with van der Waals surface area (Å²) < 4.78 is 0. The summed E-state index contributed by atoms with van der Waals surface area (Å²) in [7, 11) is 0. The number of hydrogen-bond donors (Lipinski definition) is 2. The van der Waals surface area contributed by atoms with Crippen molar-refractivity contribution >= 4 is 0 Å². The molecule has 0 heterocycles. The van der Waals surface area contributed by atoms with Crippen molar-refractivity contribution in [2.45, 2.75) is 58.0 Å². The highest BCUT2D eigenvalue weighted by Crippen LogP contribution is 2.32. The summed E-state index contributed by atoms with van der Waals surface area (Å²) >= 11 is 0. The molecule has 1 saturated carbocycles. The van der Waals surface area contributed by atoms with Crippen molar-refractivity contribution in [3.63, 3.8) is 0 Å². The third kappa shape index (κ3) is 3.80. The van der Waals surface area contributed by atoms with Gasteiger partial charge in [0.2, 0.25) is 0 Å². The molecule has 0 aromatic heterocycles. The lowest BCUT2D eigenvalue weighted by Crippen LogP contribution is -2.51. The average molecular weight is 261 g/mol. The minimum absolute atomic E-state index is 0.0545. The molecule has 106 valence electrons. The molecule has 2 heteroatoms. The molecule has 0 aliphatic heterocycles. The second kappa shape index (κ2) is 6.53. The summed E-state index contributed by atoms with van der Waals surface area (Å²) in [5.74, 6) is 0.718. The summed E-state index contributed by atoms with van der Waals surface area (Å²) in [6.45, 7) is 5.58. The first-order valence-corrected chi connectivity index (χ1v) is 7.61. The Balaban J connectivity index is 1.95. The molecule has 0 bridgehead atoms. The van der Waals surface area contributed by atoms with E-state index in [1.165, 1.54) is 24.0 Å². The van der Waals surface area contributed by atoms with E-state index in [-0.39, 0.29) is 12.1 Å². The minimum atomic E-state index is -0.0545. The largest absolute Gasteiger partial charge is 0.394 e. The van der Waals surface area contributed by atoms with E-state index in [1.807, 2.05) is 0 Å². The molecule has 0 spiro atoms. The lowest BCUT2D eigenvalue weighted by Gasteiger charge is -2.39. The quantitative estimate of drug-likeness (QED) is 0.852. The second-order valence-corrected chi connectivity index (χ2v) is 6.16. The van der Waals surface area contributed by atoms with Crippen LogP contribution in [0.4, 0.5) is 0 Å². The van der Waals surface area contributed by atoms with Crippen LogP contribution in [0.15, 0.2) is 24.3 Å². The van der Waals surface area contributed by atoms with Crippen LogP contribution in [0.2, 0.25) is 0 Å². The van der Waals surface area contributed by atoms with Gasteiger partial charge in [-0.3, -0.25) is 0 Å². The van der Waals surface area contributed by atoms with E-state index in [0.717, 1.165) is 31.7 Å². The molecule has 1 aliphatic carbocycles. The Kier molecular flexibility index (Phi) is 5.00. The van der Waals surface area contributed by atoms with Gasteiger partial charge < -0.3 is 10.4 Å².